The number of aromatic nitrogens is 5. The van der Waals surface area contributed by atoms with Crippen LogP contribution in [0.3, 0.4) is 0 Å². The number of ether oxygens (including phenoxy) is 3. The maximum atomic E-state index is 14.2. The molecule has 5 aromatic rings. The number of methoxy groups -OCH3 is 1. The number of hydrogen-bond donors (Lipinski definition) is 1. The lowest BCUT2D eigenvalue weighted by molar-refractivity contribution is 0.0357. The second kappa shape index (κ2) is 12.3. The summed E-state index contributed by atoms with van der Waals surface area (Å²) in [7, 11) is 1.62. The highest BCUT2D eigenvalue weighted by Gasteiger charge is 2.14. The van der Waals surface area contributed by atoms with Crippen molar-refractivity contribution in [2.75, 3.05) is 51.9 Å². The van der Waals surface area contributed by atoms with Crippen molar-refractivity contribution in [3.05, 3.63) is 79.0 Å². The van der Waals surface area contributed by atoms with Crippen molar-refractivity contribution < 1.29 is 18.6 Å². The van der Waals surface area contributed by atoms with Crippen LogP contribution in [0.1, 0.15) is 6.42 Å². The van der Waals surface area contributed by atoms with E-state index in [1.165, 1.54) is 17.1 Å². The normalized spacial score (nSPS) is 13.8. The standard InChI is InChI=1S/C30H30FN7O3/c1-39-28-18-25-23(17-29(28)41-13-5-10-37-11-14-40-15-12-37)30(33-20-32-25)34-22-7-4-6-21(16-22)26-19-38(36-35-26)27-9-3-2-8-24(27)31/h2-4,6-9,16-20H,5,10-15H2,1H3,(H,32,33,34). The Morgan fingerprint density at radius 2 is 1.88 bits per heavy atom. The molecule has 0 spiro atoms. The molecule has 1 N–H and O–H groups in total. The van der Waals surface area contributed by atoms with Crippen molar-refractivity contribution in [2.45, 2.75) is 6.42 Å². The molecular weight excluding hydrogens is 525 g/mol. The Bertz CT molecular complexity index is 1640. The number of fused-ring (bicyclic) bond motifs is 1. The van der Waals surface area contributed by atoms with Crippen LogP contribution in [0.5, 0.6) is 11.5 Å². The highest BCUT2D eigenvalue weighted by atomic mass is 19.1. The zero-order valence-electron chi connectivity index (χ0n) is 22.7. The highest BCUT2D eigenvalue weighted by molar-refractivity contribution is 5.93. The van der Waals surface area contributed by atoms with Gasteiger partial charge in [-0.3, -0.25) is 4.90 Å². The van der Waals surface area contributed by atoms with Crippen molar-refractivity contribution in [2.24, 2.45) is 0 Å². The summed E-state index contributed by atoms with van der Waals surface area (Å²) in [6, 6.07) is 17.9. The summed E-state index contributed by atoms with van der Waals surface area (Å²) in [5, 5.41) is 12.6. The van der Waals surface area contributed by atoms with Crippen LogP contribution in [0.4, 0.5) is 15.9 Å². The minimum absolute atomic E-state index is 0.336. The second-order valence-electron chi connectivity index (χ2n) is 9.60. The van der Waals surface area contributed by atoms with Gasteiger partial charge in [0.25, 0.3) is 0 Å². The average molecular weight is 556 g/mol. The van der Waals surface area contributed by atoms with E-state index in [1.807, 2.05) is 36.4 Å². The van der Waals surface area contributed by atoms with Gasteiger partial charge in [-0.15, -0.1) is 5.10 Å². The molecule has 0 bridgehead atoms. The molecule has 1 aliphatic rings. The van der Waals surface area contributed by atoms with Gasteiger partial charge in [0.15, 0.2) is 11.5 Å². The van der Waals surface area contributed by atoms with Gasteiger partial charge >= 0.3 is 0 Å². The zero-order valence-corrected chi connectivity index (χ0v) is 22.7. The molecule has 0 saturated carbocycles. The first-order valence-corrected chi connectivity index (χ1v) is 13.5. The lowest BCUT2D eigenvalue weighted by Gasteiger charge is -2.26. The van der Waals surface area contributed by atoms with Gasteiger partial charge in [0.05, 0.1) is 38.6 Å². The molecule has 0 aliphatic carbocycles. The summed E-state index contributed by atoms with van der Waals surface area (Å²) in [5.41, 5.74) is 3.29. The summed E-state index contributed by atoms with van der Waals surface area (Å²) in [6.07, 6.45) is 4.11. The first kappa shape index (κ1) is 26.6. The van der Waals surface area contributed by atoms with Crippen molar-refractivity contribution in [3.8, 4) is 28.4 Å². The lowest BCUT2D eigenvalue weighted by atomic mass is 10.1. The van der Waals surface area contributed by atoms with Gasteiger partial charge in [-0.1, -0.05) is 29.5 Å². The number of halogens is 1. The number of morpholine rings is 1. The highest BCUT2D eigenvalue weighted by Crippen LogP contribution is 2.35. The third kappa shape index (κ3) is 6.11. The maximum Gasteiger partial charge on any atom is 0.162 e. The minimum Gasteiger partial charge on any atom is -0.493 e. The Labute approximate surface area is 236 Å². The zero-order chi connectivity index (χ0) is 28.0. The Morgan fingerprint density at radius 3 is 2.73 bits per heavy atom. The number of para-hydroxylation sites is 1. The topological polar surface area (TPSA) is 99.5 Å². The molecular formula is C30H30FN7O3. The third-order valence-electron chi connectivity index (χ3n) is 6.91. The number of hydrogen-bond acceptors (Lipinski definition) is 9. The first-order chi connectivity index (χ1) is 20.2. The maximum absolute atomic E-state index is 14.2. The quantitative estimate of drug-likeness (QED) is 0.242. The first-order valence-electron chi connectivity index (χ1n) is 13.5. The molecule has 1 fully saturated rings. The number of nitrogens with one attached hydrogen (secondary N) is 1. The molecule has 10 nitrogen and oxygen atoms in total. The van der Waals surface area contributed by atoms with Crippen LogP contribution >= 0.6 is 0 Å². The van der Waals surface area contributed by atoms with E-state index in [4.69, 9.17) is 14.2 Å². The Morgan fingerprint density at radius 1 is 1.00 bits per heavy atom. The van der Waals surface area contributed by atoms with E-state index in [0.29, 0.717) is 35.3 Å². The van der Waals surface area contributed by atoms with Gasteiger partial charge in [0.2, 0.25) is 0 Å². The molecule has 6 rings (SSSR count). The van der Waals surface area contributed by atoms with Crippen molar-refractivity contribution >= 4 is 22.4 Å². The fourth-order valence-corrected chi connectivity index (χ4v) is 4.78. The van der Waals surface area contributed by atoms with Crippen LogP contribution < -0.4 is 14.8 Å². The van der Waals surface area contributed by atoms with Crippen LogP contribution in [0.2, 0.25) is 0 Å². The third-order valence-corrected chi connectivity index (χ3v) is 6.91. The van der Waals surface area contributed by atoms with Crippen LogP contribution in [-0.4, -0.2) is 76.4 Å². The van der Waals surface area contributed by atoms with Crippen molar-refractivity contribution in [3.63, 3.8) is 0 Å². The summed E-state index contributed by atoms with van der Waals surface area (Å²) in [6.45, 7) is 5.00. The van der Waals surface area contributed by atoms with Crippen LogP contribution in [0.25, 0.3) is 27.8 Å². The molecule has 2 aromatic heterocycles. The molecule has 41 heavy (non-hydrogen) atoms. The van der Waals surface area contributed by atoms with E-state index in [1.54, 1.807) is 31.5 Å². The van der Waals surface area contributed by atoms with Gasteiger partial charge in [0.1, 0.15) is 29.3 Å². The minimum atomic E-state index is -0.368. The van der Waals surface area contributed by atoms with Crippen LogP contribution in [-0.2, 0) is 4.74 Å². The number of nitrogens with zero attached hydrogens (tertiary/aromatic N) is 6. The van der Waals surface area contributed by atoms with Gasteiger partial charge in [0, 0.05) is 42.3 Å². The Hall–Kier alpha value is -4.61. The molecule has 210 valence electrons. The van der Waals surface area contributed by atoms with Gasteiger partial charge in [-0.2, -0.15) is 0 Å². The second-order valence-corrected chi connectivity index (χ2v) is 9.60. The van der Waals surface area contributed by atoms with E-state index in [9.17, 15) is 4.39 Å². The molecule has 0 atom stereocenters. The molecule has 0 radical (unpaired) electrons. The van der Waals surface area contributed by atoms with Crippen molar-refractivity contribution in [1.29, 1.82) is 0 Å². The number of rotatable bonds is 10. The smallest absolute Gasteiger partial charge is 0.162 e. The average Bonchev–Trinajstić information content (AvgIpc) is 3.50. The van der Waals surface area contributed by atoms with Crippen LogP contribution in [0.15, 0.2) is 73.2 Å². The molecule has 0 amide bonds. The molecule has 3 aromatic carbocycles. The molecule has 11 heteroatoms. The largest absolute Gasteiger partial charge is 0.493 e. The summed E-state index contributed by atoms with van der Waals surface area (Å²) < 4.78 is 32.8. The summed E-state index contributed by atoms with van der Waals surface area (Å²) >= 11 is 0. The summed E-state index contributed by atoms with van der Waals surface area (Å²) in [5.74, 6) is 1.52. The van der Waals surface area contributed by atoms with Crippen molar-refractivity contribution in [1.82, 2.24) is 29.9 Å². The predicted molar refractivity (Wildman–Crippen MR) is 153 cm³/mol. The molecule has 1 saturated heterocycles. The Balaban J connectivity index is 1.20. The fourth-order valence-electron chi connectivity index (χ4n) is 4.78. The number of anilines is 2. The summed E-state index contributed by atoms with van der Waals surface area (Å²) in [4.78, 5) is 11.3. The molecule has 3 heterocycles. The van der Waals surface area contributed by atoms with E-state index in [0.717, 1.165) is 61.4 Å². The number of benzene rings is 3. The lowest BCUT2D eigenvalue weighted by Crippen LogP contribution is -2.37. The van der Waals surface area contributed by atoms with E-state index < -0.39 is 0 Å². The predicted octanol–water partition coefficient (Wildman–Crippen LogP) is 4.87. The monoisotopic (exact) mass is 555 g/mol. The van der Waals surface area contributed by atoms with Crippen LogP contribution in [0, 0.1) is 5.82 Å². The van der Waals surface area contributed by atoms with Gasteiger partial charge < -0.3 is 19.5 Å². The van der Waals surface area contributed by atoms with E-state index >= 15 is 0 Å². The fraction of sp³-hybridized carbons (Fsp3) is 0.267. The van der Waals surface area contributed by atoms with Gasteiger partial charge in [-0.25, -0.2) is 19.0 Å². The SMILES string of the molecule is COc1cc2ncnc(Nc3cccc(-c4cn(-c5ccccc5F)nn4)c3)c2cc1OCCCN1CCOCC1. The Kier molecular flexibility index (Phi) is 7.97. The molecule has 0 unspecified atom stereocenters. The van der Waals surface area contributed by atoms with E-state index in [2.05, 4.69) is 30.5 Å². The van der Waals surface area contributed by atoms with E-state index in [-0.39, 0.29) is 5.82 Å². The molecule has 1 aliphatic heterocycles. The van der Waals surface area contributed by atoms with Gasteiger partial charge in [-0.05, 0) is 36.8 Å².